The maximum Gasteiger partial charge on any atom is 0.343 e. The molecule has 0 bridgehead atoms. The van der Waals surface area contributed by atoms with Crippen LogP contribution in [-0.2, 0) is 9.22 Å². The standard InChI is InChI=1S/C49H66O7Si/c1-9-10-11-12-18-33-53-47-29-24-40(44-20-15-16-21-45(44)47)25-31-48(50)56-46-30-28-43(35-39(46)8)55-49(51)41-22-26-42(27-23-41)52-32-17-13-14-19-34-54-57(36(2)3,37(4)5)38(6)7/h15-16,20-31,35-38H,9-14,17-19,32-34H2,1-8H3/b31-25+. The number of ether oxygens (including phenoxy) is 4. The number of hydrogen-bond acceptors (Lipinski definition) is 7. The first kappa shape index (κ1) is 45.3. The average molecular weight is 795 g/mol. The van der Waals surface area contributed by atoms with Gasteiger partial charge in [0.05, 0.1) is 18.8 Å². The van der Waals surface area contributed by atoms with Crippen LogP contribution in [0.15, 0.2) is 84.9 Å². The molecule has 0 heterocycles. The average Bonchev–Trinajstić information content (AvgIpc) is 3.19. The van der Waals surface area contributed by atoms with Crippen LogP contribution in [0.4, 0.5) is 0 Å². The highest BCUT2D eigenvalue weighted by atomic mass is 28.4. The Morgan fingerprint density at radius 2 is 1.19 bits per heavy atom. The molecule has 0 radical (unpaired) electrons. The second kappa shape index (κ2) is 23.1. The van der Waals surface area contributed by atoms with Gasteiger partial charge in [-0.15, -0.1) is 0 Å². The molecule has 308 valence electrons. The van der Waals surface area contributed by atoms with Crippen molar-refractivity contribution in [3.8, 4) is 23.0 Å². The number of rotatable bonds is 24. The van der Waals surface area contributed by atoms with Gasteiger partial charge in [0.25, 0.3) is 0 Å². The molecule has 0 saturated carbocycles. The van der Waals surface area contributed by atoms with Gasteiger partial charge < -0.3 is 23.4 Å². The van der Waals surface area contributed by atoms with Gasteiger partial charge >= 0.3 is 11.9 Å². The highest BCUT2D eigenvalue weighted by Crippen LogP contribution is 2.42. The fourth-order valence-electron chi connectivity index (χ4n) is 7.90. The molecular weight excluding hydrogens is 729 g/mol. The van der Waals surface area contributed by atoms with E-state index in [-0.39, 0.29) is 0 Å². The smallest absolute Gasteiger partial charge is 0.343 e. The summed E-state index contributed by atoms with van der Waals surface area (Å²) in [5.74, 6) is 1.33. The SMILES string of the molecule is CCCCCCCOc1ccc(/C=C/C(=O)Oc2ccc(OC(=O)c3ccc(OCCCCCCO[Si](C(C)C)(C(C)C)C(C)C)cc3)cc2C)c2ccccc12. The van der Waals surface area contributed by atoms with Crippen molar-refractivity contribution in [2.24, 2.45) is 0 Å². The summed E-state index contributed by atoms with van der Waals surface area (Å²) in [6.07, 6.45) is 13.4. The lowest BCUT2D eigenvalue weighted by Gasteiger charge is -2.42. The van der Waals surface area contributed by atoms with E-state index in [0.29, 0.717) is 52.5 Å². The Labute approximate surface area is 343 Å². The third-order valence-corrected chi connectivity index (χ3v) is 17.0. The van der Waals surface area contributed by atoms with Crippen LogP contribution in [0.3, 0.4) is 0 Å². The summed E-state index contributed by atoms with van der Waals surface area (Å²) in [6, 6.07) is 23.9. The third-order valence-electron chi connectivity index (χ3n) is 10.8. The van der Waals surface area contributed by atoms with Crippen LogP contribution >= 0.6 is 0 Å². The second-order valence-electron chi connectivity index (χ2n) is 16.0. The second-order valence-corrected chi connectivity index (χ2v) is 21.4. The fraction of sp³-hybridized carbons (Fsp3) is 0.469. The summed E-state index contributed by atoms with van der Waals surface area (Å²) in [6.45, 7) is 20.1. The number of carbonyl (C=O) groups is 2. The molecule has 0 atom stereocenters. The number of aryl methyl sites for hydroxylation is 1. The van der Waals surface area contributed by atoms with Crippen molar-refractivity contribution >= 4 is 37.1 Å². The fourth-order valence-corrected chi connectivity index (χ4v) is 13.4. The van der Waals surface area contributed by atoms with E-state index in [9.17, 15) is 9.59 Å². The van der Waals surface area contributed by atoms with Gasteiger partial charge in [0, 0.05) is 18.1 Å². The van der Waals surface area contributed by atoms with Crippen LogP contribution in [0.5, 0.6) is 23.0 Å². The number of esters is 2. The number of benzene rings is 4. The molecule has 4 aromatic carbocycles. The van der Waals surface area contributed by atoms with Crippen molar-refractivity contribution in [3.05, 3.63) is 102 Å². The summed E-state index contributed by atoms with van der Waals surface area (Å²) in [5.41, 5.74) is 3.79. The molecule has 0 unspecified atom stereocenters. The molecule has 57 heavy (non-hydrogen) atoms. The van der Waals surface area contributed by atoms with Crippen molar-refractivity contribution in [1.29, 1.82) is 0 Å². The van der Waals surface area contributed by atoms with E-state index in [1.54, 1.807) is 55.5 Å². The Hall–Kier alpha value is -4.40. The van der Waals surface area contributed by atoms with Gasteiger partial charge in [0.1, 0.15) is 23.0 Å². The van der Waals surface area contributed by atoms with Gasteiger partial charge in [-0.1, -0.05) is 111 Å². The lowest BCUT2D eigenvalue weighted by atomic mass is 10.0. The van der Waals surface area contributed by atoms with Crippen molar-refractivity contribution in [2.75, 3.05) is 19.8 Å². The van der Waals surface area contributed by atoms with Crippen molar-refractivity contribution in [2.45, 2.75) is 130 Å². The molecule has 7 nitrogen and oxygen atoms in total. The van der Waals surface area contributed by atoms with Crippen LogP contribution in [0.1, 0.15) is 128 Å². The third kappa shape index (κ3) is 13.3. The first-order valence-corrected chi connectivity index (χ1v) is 23.3. The van der Waals surface area contributed by atoms with E-state index < -0.39 is 20.3 Å². The summed E-state index contributed by atoms with van der Waals surface area (Å²) in [4.78, 5) is 25.8. The van der Waals surface area contributed by atoms with E-state index in [1.165, 1.54) is 31.8 Å². The quantitative estimate of drug-likeness (QED) is 0.0230. The van der Waals surface area contributed by atoms with Gasteiger partial charge in [-0.25, -0.2) is 9.59 Å². The van der Waals surface area contributed by atoms with Crippen LogP contribution in [0.25, 0.3) is 16.8 Å². The Balaban J connectivity index is 1.20. The first-order valence-electron chi connectivity index (χ1n) is 21.2. The van der Waals surface area contributed by atoms with Crippen molar-refractivity contribution in [3.63, 3.8) is 0 Å². The molecular formula is C49H66O7Si. The van der Waals surface area contributed by atoms with Crippen LogP contribution in [0.2, 0.25) is 16.6 Å². The summed E-state index contributed by atoms with van der Waals surface area (Å²) < 4.78 is 30.0. The van der Waals surface area contributed by atoms with E-state index in [2.05, 4.69) is 48.5 Å². The minimum Gasteiger partial charge on any atom is -0.494 e. The minimum absolute atomic E-state index is 0.360. The molecule has 8 heteroatoms. The summed E-state index contributed by atoms with van der Waals surface area (Å²) in [5, 5.41) is 2.01. The van der Waals surface area contributed by atoms with E-state index in [1.807, 2.05) is 36.4 Å². The van der Waals surface area contributed by atoms with Crippen LogP contribution in [-0.4, -0.2) is 40.1 Å². The van der Waals surface area contributed by atoms with Gasteiger partial charge in [-0.3, -0.25) is 0 Å². The number of unbranched alkanes of at least 4 members (excludes halogenated alkanes) is 7. The molecule has 4 aromatic rings. The minimum atomic E-state index is -1.80. The van der Waals surface area contributed by atoms with Gasteiger partial charge in [-0.05, 0) is 120 Å². The van der Waals surface area contributed by atoms with Gasteiger partial charge in [0.2, 0.25) is 0 Å². The van der Waals surface area contributed by atoms with E-state index in [4.69, 9.17) is 23.4 Å². The molecule has 4 rings (SSSR count). The van der Waals surface area contributed by atoms with E-state index in [0.717, 1.165) is 66.5 Å². The predicted octanol–water partition coefficient (Wildman–Crippen LogP) is 13.5. The molecule has 0 aromatic heterocycles. The lowest BCUT2D eigenvalue weighted by Crippen LogP contribution is -2.47. The highest BCUT2D eigenvalue weighted by Gasteiger charge is 2.44. The Bertz CT molecular complexity index is 1860. The van der Waals surface area contributed by atoms with Crippen LogP contribution < -0.4 is 18.9 Å². The van der Waals surface area contributed by atoms with Crippen LogP contribution in [0, 0.1) is 6.92 Å². The zero-order chi connectivity index (χ0) is 41.2. The molecule has 0 amide bonds. The Morgan fingerprint density at radius 3 is 1.82 bits per heavy atom. The maximum atomic E-state index is 12.9. The topological polar surface area (TPSA) is 80.3 Å². The zero-order valence-electron chi connectivity index (χ0n) is 35.7. The maximum absolute atomic E-state index is 12.9. The van der Waals surface area contributed by atoms with Crippen molar-refractivity contribution in [1.82, 2.24) is 0 Å². The number of fused-ring (bicyclic) bond motifs is 1. The highest BCUT2D eigenvalue weighted by molar-refractivity contribution is 6.77. The predicted molar refractivity (Wildman–Crippen MR) is 236 cm³/mol. The van der Waals surface area contributed by atoms with Gasteiger partial charge in [-0.2, -0.15) is 0 Å². The Kier molecular flexibility index (Phi) is 18.4. The number of carbonyl (C=O) groups excluding carboxylic acids is 2. The first-order chi connectivity index (χ1) is 27.5. The summed E-state index contributed by atoms with van der Waals surface area (Å²) >= 11 is 0. The van der Waals surface area contributed by atoms with Gasteiger partial charge in [0.15, 0.2) is 8.32 Å². The summed E-state index contributed by atoms with van der Waals surface area (Å²) in [7, 11) is -1.80. The van der Waals surface area contributed by atoms with E-state index >= 15 is 0 Å². The normalized spacial score (nSPS) is 11.9. The molecule has 0 aliphatic carbocycles. The zero-order valence-corrected chi connectivity index (χ0v) is 36.7. The molecule has 0 aliphatic rings. The molecule has 0 aliphatic heterocycles. The lowest BCUT2D eigenvalue weighted by molar-refractivity contribution is -0.128. The van der Waals surface area contributed by atoms with Crippen molar-refractivity contribution < 1.29 is 33.0 Å². The molecule has 0 fully saturated rings. The molecule has 0 spiro atoms. The molecule has 0 N–H and O–H groups in total. The monoisotopic (exact) mass is 794 g/mol. The number of hydrogen-bond donors (Lipinski definition) is 0. The largest absolute Gasteiger partial charge is 0.494 e. The molecule has 0 saturated heterocycles. The Morgan fingerprint density at radius 1 is 0.614 bits per heavy atom.